The van der Waals surface area contributed by atoms with Crippen molar-refractivity contribution in [1.29, 1.82) is 0 Å². The maximum atomic E-state index is 5.71. The Bertz CT molecular complexity index is 539. The number of hydrogen-bond donors (Lipinski definition) is 2. The van der Waals surface area contributed by atoms with Crippen LogP contribution in [0.15, 0.2) is 46.0 Å². The van der Waals surface area contributed by atoms with Crippen molar-refractivity contribution in [1.82, 2.24) is 10.3 Å². The van der Waals surface area contributed by atoms with Crippen molar-refractivity contribution < 1.29 is 4.42 Å². The van der Waals surface area contributed by atoms with Crippen LogP contribution in [0.1, 0.15) is 19.0 Å². The van der Waals surface area contributed by atoms with Gasteiger partial charge in [0.15, 0.2) is 5.96 Å². The lowest BCUT2D eigenvalue weighted by molar-refractivity contribution is 0.572. The first-order valence-electron chi connectivity index (χ1n) is 6.33. The number of halogens is 1. The van der Waals surface area contributed by atoms with Crippen LogP contribution in [0.4, 0.5) is 0 Å². The summed E-state index contributed by atoms with van der Waals surface area (Å²) in [6.07, 6.45) is 2.62. The van der Waals surface area contributed by atoms with Gasteiger partial charge < -0.3 is 15.5 Å². The average molecular weight is 386 g/mol. The summed E-state index contributed by atoms with van der Waals surface area (Å²) in [4.78, 5) is 8.58. The molecule has 0 saturated heterocycles. The summed E-state index contributed by atoms with van der Waals surface area (Å²) in [7, 11) is 0. The van der Waals surface area contributed by atoms with E-state index in [4.69, 9.17) is 10.2 Å². The van der Waals surface area contributed by atoms with Gasteiger partial charge in [0.25, 0.3) is 0 Å². The zero-order valence-corrected chi connectivity index (χ0v) is 13.7. The number of nitrogens with one attached hydrogen (secondary N) is 1. The third-order valence-electron chi connectivity index (χ3n) is 2.54. The molecule has 2 rings (SSSR count). The molecule has 0 amide bonds. The molecule has 2 aromatic rings. The summed E-state index contributed by atoms with van der Waals surface area (Å²) >= 11 is 0. The van der Waals surface area contributed by atoms with Crippen LogP contribution in [0.25, 0.3) is 11.5 Å². The van der Waals surface area contributed by atoms with Crippen molar-refractivity contribution in [3.8, 4) is 11.5 Å². The summed E-state index contributed by atoms with van der Waals surface area (Å²) in [6.45, 7) is 3.31. The molecule has 1 aromatic heterocycles. The van der Waals surface area contributed by atoms with Gasteiger partial charge in [-0.25, -0.2) is 9.98 Å². The molecule has 1 heterocycles. The van der Waals surface area contributed by atoms with Gasteiger partial charge in [-0.2, -0.15) is 0 Å². The Labute approximate surface area is 135 Å². The lowest BCUT2D eigenvalue weighted by Crippen LogP contribution is -2.32. The fourth-order valence-corrected chi connectivity index (χ4v) is 1.57. The van der Waals surface area contributed by atoms with Crippen LogP contribution >= 0.6 is 24.0 Å². The van der Waals surface area contributed by atoms with E-state index in [-0.39, 0.29) is 24.0 Å². The third-order valence-corrected chi connectivity index (χ3v) is 2.54. The lowest BCUT2D eigenvalue weighted by Gasteiger charge is -2.01. The van der Waals surface area contributed by atoms with Gasteiger partial charge >= 0.3 is 0 Å². The molecule has 0 fully saturated rings. The first-order valence-corrected chi connectivity index (χ1v) is 6.33. The average Bonchev–Trinajstić information content (AvgIpc) is 2.93. The predicted molar refractivity (Wildman–Crippen MR) is 91.0 cm³/mol. The highest BCUT2D eigenvalue weighted by Crippen LogP contribution is 2.18. The number of guanidine groups is 1. The molecule has 0 aliphatic carbocycles. The van der Waals surface area contributed by atoms with E-state index in [0.29, 0.717) is 18.4 Å². The summed E-state index contributed by atoms with van der Waals surface area (Å²) < 4.78 is 5.42. The SMILES string of the molecule is CCCNC(N)=NCc1coc(-c2ccccc2)n1.I. The van der Waals surface area contributed by atoms with E-state index in [1.165, 1.54) is 0 Å². The first kappa shape index (κ1) is 16.5. The van der Waals surface area contributed by atoms with Gasteiger partial charge in [-0.15, -0.1) is 24.0 Å². The molecule has 5 nitrogen and oxygen atoms in total. The standard InChI is InChI=1S/C14H18N4O.HI/c1-2-8-16-14(15)17-9-12-10-19-13(18-12)11-6-4-3-5-7-11;/h3-7,10H,2,8-9H2,1H3,(H3,15,16,17);1H. The smallest absolute Gasteiger partial charge is 0.226 e. The molecule has 20 heavy (non-hydrogen) atoms. The minimum atomic E-state index is 0. The molecule has 0 aliphatic rings. The van der Waals surface area contributed by atoms with E-state index in [0.717, 1.165) is 24.2 Å². The summed E-state index contributed by atoms with van der Waals surface area (Å²) in [5.74, 6) is 1.04. The van der Waals surface area contributed by atoms with Gasteiger partial charge in [-0.05, 0) is 18.6 Å². The molecule has 0 spiro atoms. The monoisotopic (exact) mass is 386 g/mol. The molecule has 0 radical (unpaired) electrons. The van der Waals surface area contributed by atoms with Gasteiger partial charge in [-0.1, -0.05) is 25.1 Å². The Morgan fingerprint density at radius 2 is 2.10 bits per heavy atom. The van der Waals surface area contributed by atoms with E-state index in [1.807, 2.05) is 30.3 Å². The van der Waals surface area contributed by atoms with Crippen LogP contribution < -0.4 is 11.1 Å². The second-order valence-electron chi connectivity index (χ2n) is 4.14. The molecule has 6 heteroatoms. The van der Waals surface area contributed by atoms with Crippen LogP contribution in [0.2, 0.25) is 0 Å². The van der Waals surface area contributed by atoms with Gasteiger partial charge in [-0.3, -0.25) is 0 Å². The molecule has 0 atom stereocenters. The van der Waals surface area contributed by atoms with Crippen LogP contribution in [-0.2, 0) is 6.54 Å². The van der Waals surface area contributed by atoms with Crippen molar-refractivity contribution in [2.75, 3.05) is 6.54 Å². The van der Waals surface area contributed by atoms with Gasteiger partial charge in [0, 0.05) is 12.1 Å². The van der Waals surface area contributed by atoms with Crippen LogP contribution in [-0.4, -0.2) is 17.5 Å². The molecule has 0 aliphatic heterocycles. The van der Waals surface area contributed by atoms with Crippen LogP contribution in [0.3, 0.4) is 0 Å². The maximum absolute atomic E-state index is 5.71. The van der Waals surface area contributed by atoms with Crippen molar-refractivity contribution >= 4 is 29.9 Å². The predicted octanol–water partition coefficient (Wildman–Crippen LogP) is 2.77. The van der Waals surface area contributed by atoms with E-state index < -0.39 is 0 Å². The van der Waals surface area contributed by atoms with E-state index in [1.54, 1.807) is 6.26 Å². The lowest BCUT2D eigenvalue weighted by atomic mass is 10.2. The van der Waals surface area contributed by atoms with Crippen LogP contribution in [0, 0.1) is 0 Å². The Balaban J connectivity index is 0.00000200. The van der Waals surface area contributed by atoms with Gasteiger partial charge in [0.1, 0.15) is 12.0 Å². The number of nitrogens with two attached hydrogens (primary N) is 1. The molecular weight excluding hydrogens is 367 g/mol. The topological polar surface area (TPSA) is 76.4 Å². The third kappa shape index (κ3) is 4.84. The minimum Gasteiger partial charge on any atom is -0.444 e. The highest BCUT2D eigenvalue weighted by Gasteiger charge is 2.05. The summed E-state index contributed by atoms with van der Waals surface area (Å²) in [5, 5.41) is 3.01. The fraction of sp³-hybridized carbons (Fsp3) is 0.286. The summed E-state index contributed by atoms with van der Waals surface area (Å²) in [6, 6.07) is 9.76. The summed E-state index contributed by atoms with van der Waals surface area (Å²) in [5.41, 5.74) is 7.42. The number of aliphatic imine (C=N–C) groups is 1. The molecule has 0 bridgehead atoms. The zero-order chi connectivity index (χ0) is 13.5. The Hall–Kier alpha value is -1.57. The van der Waals surface area contributed by atoms with Crippen LogP contribution in [0.5, 0.6) is 0 Å². The highest BCUT2D eigenvalue weighted by atomic mass is 127. The molecule has 108 valence electrons. The highest BCUT2D eigenvalue weighted by molar-refractivity contribution is 14.0. The largest absolute Gasteiger partial charge is 0.444 e. The second kappa shape index (κ2) is 8.57. The Morgan fingerprint density at radius 1 is 1.35 bits per heavy atom. The minimum absolute atomic E-state index is 0. The van der Waals surface area contributed by atoms with Gasteiger partial charge in [0.2, 0.25) is 5.89 Å². The first-order chi connectivity index (χ1) is 9.29. The molecular formula is C14H19IN4O. The number of rotatable bonds is 5. The molecule has 1 aromatic carbocycles. The maximum Gasteiger partial charge on any atom is 0.226 e. The van der Waals surface area contributed by atoms with Crippen molar-refractivity contribution in [3.63, 3.8) is 0 Å². The number of nitrogens with zero attached hydrogens (tertiary/aromatic N) is 2. The second-order valence-corrected chi connectivity index (χ2v) is 4.14. The quantitative estimate of drug-likeness (QED) is 0.471. The molecule has 3 N–H and O–H groups in total. The van der Waals surface area contributed by atoms with Crippen molar-refractivity contribution in [2.45, 2.75) is 19.9 Å². The zero-order valence-electron chi connectivity index (χ0n) is 11.4. The number of aromatic nitrogens is 1. The normalized spacial score (nSPS) is 10.9. The number of benzene rings is 1. The Morgan fingerprint density at radius 3 is 2.80 bits per heavy atom. The van der Waals surface area contributed by atoms with Crippen molar-refractivity contribution in [2.24, 2.45) is 10.7 Å². The van der Waals surface area contributed by atoms with Crippen molar-refractivity contribution in [3.05, 3.63) is 42.3 Å². The van der Waals surface area contributed by atoms with Gasteiger partial charge in [0.05, 0.1) is 6.54 Å². The Kier molecular flexibility index (Phi) is 7.06. The van der Waals surface area contributed by atoms with E-state index >= 15 is 0 Å². The number of oxazole rings is 1. The van der Waals surface area contributed by atoms with E-state index in [9.17, 15) is 0 Å². The molecule has 0 saturated carbocycles. The fourth-order valence-electron chi connectivity index (χ4n) is 1.57. The molecule has 0 unspecified atom stereocenters. The van der Waals surface area contributed by atoms with E-state index in [2.05, 4.69) is 22.2 Å². The number of hydrogen-bond acceptors (Lipinski definition) is 3.